The maximum absolute atomic E-state index is 12.9. The van der Waals surface area contributed by atoms with Crippen molar-refractivity contribution >= 4 is 33.3 Å². The van der Waals surface area contributed by atoms with Crippen LogP contribution in [0, 0.1) is 13.8 Å². The monoisotopic (exact) mass is 418 g/mol. The van der Waals surface area contributed by atoms with Crippen LogP contribution in [0.25, 0.3) is 0 Å². The number of nitrogens with one attached hydrogen (secondary N) is 1. The van der Waals surface area contributed by atoms with Crippen molar-refractivity contribution in [3.63, 3.8) is 0 Å². The van der Waals surface area contributed by atoms with Gasteiger partial charge in [-0.25, -0.2) is 13.2 Å². The fraction of sp³-hybridized carbons (Fsp3) is 0.333. The van der Waals surface area contributed by atoms with Crippen LogP contribution in [-0.2, 0) is 19.6 Å². The van der Waals surface area contributed by atoms with Gasteiger partial charge in [-0.3, -0.25) is 9.10 Å². The smallest absolute Gasteiger partial charge is 0.338 e. The molecule has 2 rings (SSSR count). The minimum Gasteiger partial charge on any atom is -0.462 e. The van der Waals surface area contributed by atoms with Gasteiger partial charge < -0.3 is 10.1 Å². The molecule has 0 heterocycles. The Hall–Kier alpha value is -2.87. The summed E-state index contributed by atoms with van der Waals surface area (Å²) in [5, 5.41) is 2.73. The average Bonchev–Trinajstić information content (AvgIpc) is 2.62. The summed E-state index contributed by atoms with van der Waals surface area (Å²) in [4.78, 5) is 25.0. The van der Waals surface area contributed by atoms with Crippen LogP contribution in [0.15, 0.2) is 42.5 Å². The fourth-order valence-electron chi connectivity index (χ4n) is 3.01. The van der Waals surface area contributed by atoms with E-state index in [9.17, 15) is 18.0 Å². The van der Waals surface area contributed by atoms with Gasteiger partial charge in [0.25, 0.3) is 0 Å². The normalized spacial score (nSPS) is 12.2. The van der Waals surface area contributed by atoms with Crippen LogP contribution in [0.1, 0.15) is 35.3 Å². The Kier molecular flexibility index (Phi) is 7.02. The van der Waals surface area contributed by atoms with E-state index in [1.54, 1.807) is 50.2 Å². The van der Waals surface area contributed by atoms with Crippen LogP contribution in [0.5, 0.6) is 0 Å². The van der Waals surface area contributed by atoms with E-state index < -0.39 is 27.9 Å². The van der Waals surface area contributed by atoms with E-state index in [0.717, 1.165) is 16.1 Å². The lowest BCUT2D eigenvalue weighted by Gasteiger charge is -2.28. The van der Waals surface area contributed by atoms with Crippen LogP contribution >= 0.6 is 0 Å². The number of hydrogen-bond donors (Lipinski definition) is 1. The summed E-state index contributed by atoms with van der Waals surface area (Å²) in [5.41, 5.74) is 2.60. The molecule has 2 aromatic carbocycles. The third-order valence-electron chi connectivity index (χ3n) is 4.43. The van der Waals surface area contributed by atoms with Crippen molar-refractivity contribution in [1.82, 2.24) is 0 Å². The van der Waals surface area contributed by atoms with E-state index in [2.05, 4.69) is 5.32 Å². The second kappa shape index (κ2) is 9.09. The zero-order valence-corrected chi connectivity index (χ0v) is 18.0. The van der Waals surface area contributed by atoms with E-state index in [4.69, 9.17) is 4.74 Å². The Morgan fingerprint density at radius 3 is 2.38 bits per heavy atom. The molecule has 0 saturated carbocycles. The predicted octanol–water partition coefficient (Wildman–Crippen LogP) is 3.27. The quantitative estimate of drug-likeness (QED) is 0.697. The number of esters is 1. The van der Waals surface area contributed by atoms with Crippen LogP contribution in [0.2, 0.25) is 0 Å². The third kappa shape index (κ3) is 5.35. The van der Waals surface area contributed by atoms with Crippen molar-refractivity contribution in [2.75, 3.05) is 22.5 Å². The number of carbonyl (C=O) groups excluding carboxylic acids is 2. The second-order valence-electron chi connectivity index (χ2n) is 6.76. The Morgan fingerprint density at radius 2 is 1.79 bits per heavy atom. The summed E-state index contributed by atoms with van der Waals surface area (Å²) in [6.45, 7) is 7.01. The first-order valence-electron chi connectivity index (χ1n) is 9.20. The summed E-state index contributed by atoms with van der Waals surface area (Å²) in [5.74, 6) is -0.993. The van der Waals surface area contributed by atoms with Crippen molar-refractivity contribution in [3.05, 3.63) is 59.2 Å². The highest BCUT2D eigenvalue weighted by Gasteiger charge is 2.29. The first-order valence-corrected chi connectivity index (χ1v) is 11.0. The molecule has 0 unspecified atom stereocenters. The number of nitrogens with zero attached hydrogens (tertiary/aromatic N) is 1. The predicted molar refractivity (Wildman–Crippen MR) is 114 cm³/mol. The van der Waals surface area contributed by atoms with Gasteiger partial charge in [0.1, 0.15) is 6.04 Å². The number of rotatable bonds is 7. The van der Waals surface area contributed by atoms with E-state index in [1.165, 1.54) is 6.92 Å². The number of hydrogen-bond acceptors (Lipinski definition) is 5. The number of ether oxygens (including phenoxy) is 1. The third-order valence-corrected chi connectivity index (χ3v) is 5.67. The summed E-state index contributed by atoms with van der Waals surface area (Å²) < 4.78 is 30.9. The van der Waals surface area contributed by atoms with Gasteiger partial charge in [-0.2, -0.15) is 0 Å². The van der Waals surface area contributed by atoms with Gasteiger partial charge in [0.15, 0.2) is 0 Å². The summed E-state index contributed by atoms with van der Waals surface area (Å²) in [6, 6.07) is 10.8. The largest absolute Gasteiger partial charge is 0.462 e. The summed E-state index contributed by atoms with van der Waals surface area (Å²) in [6.07, 6.45) is 1.06. The van der Waals surface area contributed by atoms with Crippen LogP contribution in [0.3, 0.4) is 0 Å². The maximum Gasteiger partial charge on any atom is 0.338 e. The molecule has 2 aromatic rings. The van der Waals surface area contributed by atoms with Gasteiger partial charge in [-0.15, -0.1) is 0 Å². The number of amides is 1. The summed E-state index contributed by atoms with van der Waals surface area (Å²) >= 11 is 0. The van der Waals surface area contributed by atoms with E-state index >= 15 is 0 Å². The minimum atomic E-state index is -3.71. The van der Waals surface area contributed by atoms with Gasteiger partial charge in [0.05, 0.1) is 24.1 Å². The molecule has 0 aliphatic heterocycles. The first kappa shape index (κ1) is 22.4. The number of carbonyl (C=O) groups is 2. The minimum absolute atomic E-state index is 0.242. The Balaban J connectivity index is 2.34. The Bertz CT molecular complexity index is 1020. The van der Waals surface area contributed by atoms with Crippen molar-refractivity contribution in [1.29, 1.82) is 0 Å². The molecule has 156 valence electrons. The standard InChI is InChI=1S/C21H26N2O5S/c1-6-28-21(25)18-11-8-12-19(15(18)3)22-20(24)16(4)23(29(5,26)27)17-10-7-9-14(2)13-17/h7-13,16H,6H2,1-5H3,(H,22,24)/t16-/m0/s1. The SMILES string of the molecule is CCOC(=O)c1cccc(NC(=O)[C@H](C)N(c2cccc(C)c2)S(C)(=O)=O)c1C. The lowest BCUT2D eigenvalue weighted by atomic mass is 10.1. The molecular formula is C21H26N2O5S. The van der Waals surface area contributed by atoms with Gasteiger partial charge >= 0.3 is 5.97 Å². The highest BCUT2D eigenvalue weighted by molar-refractivity contribution is 7.92. The van der Waals surface area contributed by atoms with Crippen molar-refractivity contribution in [2.24, 2.45) is 0 Å². The maximum atomic E-state index is 12.9. The molecule has 7 nitrogen and oxygen atoms in total. The Morgan fingerprint density at radius 1 is 1.14 bits per heavy atom. The van der Waals surface area contributed by atoms with Gasteiger partial charge in [-0.05, 0) is 63.1 Å². The van der Waals surface area contributed by atoms with E-state index in [-0.39, 0.29) is 6.61 Å². The number of aryl methyl sites for hydroxylation is 1. The highest BCUT2D eigenvalue weighted by Crippen LogP contribution is 2.24. The molecule has 8 heteroatoms. The van der Waals surface area contributed by atoms with Gasteiger partial charge in [0.2, 0.25) is 15.9 Å². The molecule has 1 N–H and O–H groups in total. The average molecular weight is 419 g/mol. The highest BCUT2D eigenvalue weighted by atomic mass is 32.2. The molecule has 0 spiro atoms. The molecule has 1 atom stereocenters. The summed E-state index contributed by atoms with van der Waals surface area (Å²) in [7, 11) is -3.71. The van der Waals surface area contributed by atoms with Crippen molar-refractivity contribution < 1.29 is 22.7 Å². The van der Waals surface area contributed by atoms with E-state index in [1.807, 2.05) is 13.0 Å². The van der Waals surface area contributed by atoms with Crippen molar-refractivity contribution in [2.45, 2.75) is 33.7 Å². The molecule has 0 aliphatic carbocycles. The van der Waals surface area contributed by atoms with Crippen molar-refractivity contribution in [3.8, 4) is 0 Å². The number of benzene rings is 2. The lowest BCUT2D eigenvalue weighted by Crippen LogP contribution is -2.45. The van der Waals surface area contributed by atoms with Gasteiger partial charge in [0, 0.05) is 5.69 Å². The molecule has 0 aliphatic rings. The molecule has 0 bridgehead atoms. The second-order valence-corrected chi connectivity index (χ2v) is 8.62. The van der Waals surface area contributed by atoms with Gasteiger partial charge in [-0.1, -0.05) is 18.2 Å². The first-order chi connectivity index (χ1) is 13.6. The molecule has 0 fully saturated rings. The molecule has 29 heavy (non-hydrogen) atoms. The molecule has 1 amide bonds. The zero-order chi connectivity index (χ0) is 21.8. The van der Waals surface area contributed by atoms with Crippen LogP contribution < -0.4 is 9.62 Å². The lowest BCUT2D eigenvalue weighted by molar-refractivity contribution is -0.116. The van der Waals surface area contributed by atoms with Crippen LogP contribution in [0.4, 0.5) is 11.4 Å². The zero-order valence-electron chi connectivity index (χ0n) is 17.2. The fourth-order valence-corrected chi connectivity index (χ4v) is 4.18. The molecule has 0 saturated heterocycles. The molecule has 0 radical (unpaired) electrons. The molecule has 0 aromatic heterocycles. The Labute approximate surface area is 171 Å². The van der Waals surface area contributed by atoms with E-state index in [0.29, 0.717) is 22.5 Å². The number of sulfonamides is 1. The van der Waals surface area contributed by atoms with Crippen LogP contribution in [-0.4, -0.2) is 39.2 Å². The topological polar surface area (TPSA) is 92.8 Å². The number of anilines is 2. The molecular weight excluding hydrogens is 392 g/mol.